The lowest BCUT2D eigenvalue weighted by Crippen LogP contribution is -2.27. The minimum absolute atomic E-state index is 0.0162. The van der Waals surface area contributed by atoms with Gasteiger partial charge in [0.1, 0.15) is 12.4 Å². The summed E-state index contributed by atoms with van der Waals surface area (Å²) < 4.78 is 53.7. The van der Waals surface area contributed by atoms with Crippen molar-refractivity contribution < 1.29 is 32.6 Å². The molecule has 1 aromatic carbocycles. The molecule has 204 valence electrons. The van der Waals surface area contributed by atoms with Gasteiger partial charge in [-0.15, -0.1) is 11.3 Å². The predicted octanol–water partition coefficient (Wildman–Crippen LogP) is 6.04. The van der Waals surface area contributed by atoms with Crippen molar-refractivity contribution in [2.45, 2.75) is 78.6 Å². The molecule has 2 aromatic rings. The highest BCUT2D eigenvalue weighted by atomic mass is 32.1. The number of nitrogens with zero attached hydrogens (tertiary/aromatic N) is 3. The van der Waals surface area contributed by atoms with Crippen LogP contribution >= 0.6 is 11.3 Å². The quantitative estimate of drug-likeness (QED) is 0.274. The number of aromatic nitrogens is 1. The first-order valence-electron chi connectivity index (χ1n) is 12.1. The molecular formula is C26H34F3N3O4S. The van der Waals surface area contributed by atoms with Crippen LogP contribution in [-0.2, 0) is 22.9 Å². The molecule has 0 saturated carbocycles. The van der Waals surface area contributed by atoms with Gasteiger partial charge in [0.15, 0.2) is 4.80 Å². The Morgan fingerprint density at radius 1 is 1.22 bits per heavy atom. The van der Waals surface area contributed by atoms with Crippen molar-refractivity contribution in [1.82, 2.24) is 4.57 Å². The number of hydrogen-bond acceptors (Lipinski definition) is 6. The zero-order valence-electron chi connectivity index (χ0n) is 22.0. The van der Waals surface area contributed by atoms with E-state index >= 15 is 0 Å². The fourth-order valence-electron chi connectivity index (χ4n) is 3.64. The summed E-state index contributed by atoms with van der Waals surface area (Å²) in [6.07, 6.45) is -0.910. The first-order valence-corrected chi connectivity index (χ1v) is 12.9. The third-order valence-electron chi connectivity index (χ3n) is 5.97. The van der Waals surface area contributed by atoms with E-state index in [4.69, 9.17) is 9.47 Å². The van der Waals surface area contributed by atoms with Gasteiger partial charge in [-0.2, -0.15) is 18.2 Å². The number of halogens is 3. The summed E-state index contributed by atoms with van der Waals surface area (Å²) in [7, 11) is 0. The van der Waals surface area contributed by atoms with Gasteiger partial charge >= 0.3 is 6.18 Å². The average Bonchev–Trinajstić information content (AvgIpc) is 3.43. The lowest BCUT2D eigenvalue weighted by Gasteiger charge is -2.20. The van der Waals surface area contributed by atoms with Crippen molar-refractivity contribution in [3.05, 3.63) is 45.2 Å². The van der Waals surface area contributed by atoms with E-state index in [0.717, 1.165) is 35.9 Å². The van der Waals surface area contributed by atoms with Crippen molar-refractivity contribution in [3.8, 4) is 5.75 Å². The largest absolute Gasteiger partial charge is 0.487 e. The minimum atomic E-state index is -4.65. The maximum absolute atomic E-state index is 13.5. The number of oxime groups is 1. The van der Waals surface area contributed by atoms with E-state index in [1.165, 1.54) is 11.3 Å². The Labute approximate surface area is 218 Å². The standard InChI is InChI=1S/C26H34F3N3O4S/c1-24(2,3)20(31-34)15-36-19-10-9-16(26(27,28)29)12-18(19)22(33)30-23-32(13-17-8-7-11-35-17)14-21(37-23)25(4,5)6/h9-10,12,14,17,34H,7-8,11,13,15H2,1-6H3/b30-23-,31-20+/t17-/m1/s1. The molecule has 1 saturated heterocycles. The summed E-state index contributed by atoms with van der Waals surface area (Å²) in [6, 6.07) is 2.69. The van der Waals surface area contributed by atoms with Crippen LogP contribution in [0.3, 0.4) is 0 Å². The summed E-state index contributed by atoms with van der Waals surface area (Å²) in [4.78, 5) is 18.9. The Morgan fingerprint density at radius 3 is 2.46 bits per heavy atom. The van der Waals surface area contributed by atoms with E-state index in [-0.39, 0.29) is 35.2 Å². The summed E-state index contributed by atoms with van der Waals surface area (Å²) in [6.45, 7) is 12.5. The lowest BCUT2D eigenvalue weighted by atomic mass is 9.90. The highest BCUT2D eigenvalue weighted by molar-refractivity contribution is 7.09. The number of thiazole rings is 1. The zero-order chi connectivity index (χ0) is 27.6. The second-order valence-corrected chi connectivity index (χ2v) is 12.1. The number of hydrogen-bond donors (Lipinski definition) is 1. The zero-order valence-corrected chi connectivity index (χ0v) is 22.8. The van der Waals surface area contributed by atoms with E-state index in [9.17, 15) is 23.2 Å². The van der Waals surface area contributed by atoms with Crippen LogP contribution in [0, 0.1) is 5.41 Å². The second-order valence-electron chi connectivity index (χ2n) is 11.1. The Kier molecular flexibility index (Phi) is 8.58. The molecule has 7 nitrogen and oxygen atoms in total. The molecule has 1 amide bonds. The molecule has 0 radical (unpaired) electrons. The van der Waals surface area contributed by atoms with E-state index in [2.05, 4.69) is 10.1 Å². The fourth-order valence-corrected chi connectivity index (χ4v) is 4.70. The molecule has 0 aliphatic carbocycles. The van der Waals surface area contributed by atoms with Crippen LogP contribution < -0.4 is 9.54 Å². The van der Waals surface area contributed by atoms with Gasteiger partial charge in [0.05, 0.1) is 29.5 Å². The van der Waals surface area contributed by atoms with Gasteiger partial charge in [-0.25, -0.2) is 0 Å². The molecule has 1 aromatic heterocycles. The summed E-state index contributed by atoms with van der Waals surface area (Å²) in [5, 5.41) is 12.6. The van der Waals surface area contributed by atoms with E-state index in [1.807, 2.05) is 31.5 Å². The second kappa shape index (κ2) is 11.0. The van der Waals surface area contributed by atoms with Crippen LogP contribution in [-0.4, -0.2) is 40.7 Å². The Balaban J connectivity index is 2.05. The summed E-state index contributed by atoms with van der Waals surface area (Å²) >= 11 is 1.32. The number of carbonyl (C=O) groups is 1. The van der Waals surface area contributed by atoms with Crippen LogP contribution in [0.2, 0.25) is 0 Å². The Bertz CT molecular complexity index is 1210. The number of alkyl halides is 3. The molecule has 1 aliphatic heterocycles. The highest BCUT2D eigenvalue weighted by Gasteiger charge is 2.32. The first kappa shape index (κ1) is 28.9. The lowest BCUT2D eigenvalue weighted by molar-refractivity contribution is -0.137. The molecule has 3 rings (SSSR count). The Morgan fingerprint density at radius 2 is 1.92 bits per heavy atom. The van der Waals surface area contributed by atoms with Crippen LogP contribution in [0.25, 0.3) is 0 Å². The normalized spacial score (nSPS) is 17.9. The molecule has 1 fully saturated rings. The number of amides is 1. The number of ether oxygens (including phenoxy) is 2. The SMILES string of the molecule is CC(C)(C)/C(COc1ccc(C(F)(F)F)cc1C(=O)/N=c1\sc(C(C)(C)C)cn1C[C@H]1CCCO1)=N/O. The molecule has 2 heterocycles. The molecule has 37 heavy (non-hydrogen) atoms. The van der Waals surface area contributed by atoms with Gasteiger partial charge in [0, 0.05) is 23.1 Å². The van der Waals surface area contributed by atoms with Crippen LogP contribution in [0.15, 0.2) is 34.5 Å². The molecule has 0 unspecified atom stereocenters. The molecule has 0 spiro atoms. The summed E-state index contributed by atoms with van der Waals surface area (Å²) in [5.74, 6) is -0.937. The van der Waals surface area contributed by atoms with Crippen molar-refractivity contribution in [1.29, 1.82) is 0 Å². The predicted molar refractivity (Wildman–Crippen MR) is 135 cm³/mol. The minimum Gasteiger partial charge on any atom is -0.487 e. The number of benzene rings is 1. The molecular weight excluding hydrogens is 507 g/mol. The Hall–Kier alpha value is -2.66. The van der Waals surface area contributed by atoms with E-state index in [1.54, 1.807) is 20.8 Å². The maximum Gasteiger partial charge on any atom is 0.416 e. The monoisotopic (exact) mass is 541 g/mol. The van der Waals surface area contributed by atoms with Gasteiger partial charge in [0.25, 0.3) is 5.91 Å². The third-order valence-corrected chi connectivity index (χ3v) is 7.41. The van der Waals surface area contributed by atoms with Crippen molar-refractivity contribution in [2.24, 2.45) is 15.6 Å². The van der Waals surface area contributed by atoms with Gasteiger partial charge in [-0.3, -0.25) is 4.79 Å². The smallest absolute Gasteiger partial charge is 0.416 e. The van der Waals surface area contributed by atoms with E-state index in [0.29, 0.717) is 18.0 Å². The first-order chi connectivity index (χ1) is 17.1. The van der Waals surface area contributed by atoms with Crippen molar-refractivity contribution in [3.63, 3.8) is 0 Å². The van der Waals surface area contributed by atoms with Gasteiger partial charge in [-0.05, 0) is 36.5 Å². The van der Waals surface area contributed by atoms with Crippen LogP contribution in [0.1, 0.15) is 75.2 Å². The number of carbonyl (C=O) groups excluding carboxylic acids is 1. The van der Waals surface area contributed by atoms with E-state index < -0.39 is 23.1 Å². The molecule has 1 N–H and O–H groups in total. The molecule has 1 atom stereocenters. The van der Waals surface area contributed by atoms with Gasteiger partial charge in [0.2, 0.25) is 0 Å². The maximum atomic E-state index is 13.5. The van der Waals surface area contributed by atoms with Crippen molar-refractivity contribution >= 4 is 23.0 Å². The molecule has 11 heteroatoms. The molecule has 0 bridgehead atoms. The third kappa shape index (κ3) is 7.44. The van der Waals surface area contributed by atoms with Crippen LogP contribution in [0.4, 0.5) is 13.2 Å². The highest BCUT2D eigenvalue weighted by Crippen LogP contribution is 2.33. The topological polar surface area (TPSA) is 85.4 Å². The summed E-state index contributed by atoms with van der Waals surface area (Å²) in [5.41, 5.74) is -1.81. The van der Waals surface area contributed by atoms with Crippen LogP contribution in [0.5, 0.6) is 5.75 Å². The van der Waals surface area contributed by atoms with Gasteiger partial charge in [-0.1, -0.05) is 46.7 Å². The molecule has 1 aliphatic rings. The number of rotatable bonds is 6. The van der Waals surface area contributed by atoms with Gasteiger partial charge < -0.3 is 19.2 Å². The average molecular weight is 542 g/mol. The van der Waals surface area contributed by atoms with Crippen molar-refractivity contribution in [2.75, 3.05) is 13.2 Å². The fraction of sp³-hybridized carbons (Fsp3) is 0.577.